The minimum atomic E-state index is -5.20. The average molecular weight is 272 g/mol. The van der Waals surface area contributed by atoms with E-state index in [1.165, 1.54) is 0 Å². The average Bonchev–Trinajstić information content (AvgIpc) is 2.55. The second-order valence-corrected chi connectivity index (χ2v) is 6.72. The van der Waals surface area contributed by atoms with Crippen molar-refractivity contribution in [2.24, 2.45) is 0 Å². The molecule has 2 aliphatic heterocycles. The van der Waals surface area contributed by atoms with Gasteiger partial charge in [-0.25, -0.2) is 8.42 Å². The lowest BCUT2D eigenvalue weighted by molar-refractivity contribution is -0.0497. The van der Waals surface area contributed by atoms with Gasteiger partial charge in [-0.2, -0.15) is 17.5 Å². The third-order valence-electron chi connectivity index (χ3n) is 3.63. The van der Waals surface area contributed by atoms with Gasteiger partial charge in [0.1, 0.15) is 0 Å². The normalized spacial score (nSPS) is 34.3. The van der Waals surface area contributed by atoms with Gasteiger partial charge >= 0.3 is 15.5 Å². The number of hydrogen-bond donors (Lipinski definition) is 1. The van der Waals surface area contributed by atoms with Crippen molar-refractivity contribution in [2.75, 3.05) is 7.05 Å². The van der Waals surface area contributed by atoms with E-state index >= 15 is 0 Å². The summed E-state index contributed by atoms with van der Waals surface area (Å²) in [7, 11) is -4.16. The summed E-state index contributed by atoms with van der Waals surface area (Å²) in [6.45, 7) is 0. The molecule has 0 aromatic carbocycles. The number of nitrogens with one attached hydrogen (secondary N) is 1. The molecule has 1 N–H and O–H groups in total. The largest absolute Gasteiger partial charge is 0.511 e. The minimum Gasteiger partial charge on any atom is -0.311 e. The van der Waals surface area contributed by atoms with E-state index in [1.807, 2.05) is 0 Å². The third-order valence-corrected chi connectivity index (χ3v) is 5.28. The predicted octanol–water partition coefficient (Wildman–Crippen LogP) is 1.05. The first kappa shape index (κ1) is 13.1. The van der Waals surface area contributed by atoms with Gasteiger partial charge in [0, 0.05) is 25.2 Å². The van der Waals surface area contributed by atoms with Gasteiger partial charge in [-0.05, 0) is 25.7 Å². The first-order valence-electron chi connectivity index (χ1n) is 5.52. The molecule has 0 saturated carbocycles. The Morgan fingerprint density at radius 1 is 1.18 bits per heavy atom. The summed E-state index contributed by atoms with van der Waals surface area (Å²) in [5, 5.41) is 3.26. The zero-order valence-electron chi connectivity index (χ0n) is 9.37. The van der Waals surface area contributed by atoms with Crippen LogP contribution in [0.1, 0.15) is 25.7 Å². The molecule has 2 atom stereocenters. The lowest BCUT2D eigenvalue weighted by atomic mass is 10.0. The Labute approximate surface area is 98.2 Å². The molecule has 0 aromatic rings. The molecule has 4 nitrogen and oxygen atoms in total. The number of piperidine rings is 1. The molecule has 17 heavy (non-hydrogen) atoms. The molecule has 0 aromatic heterocycles. The van der Waals surface area contributed by atoms with Gasteiger partial charge in [0.2, 0.25) is 0 Å². The Hall–Kier alpha value is -0.340. The number of fused-ring (bicyclic) bond motifs is 2. The summed E-state index contributed by atoms with van der Waals surface area (Å²) in [6.07, 6.45) is 2.76. The molecule has 100 valence electrons. The lowest BCUT2D eigenvalue weighted by Gasteiger charge is -2.34. The Morgan fingerprint density at radius 2 is 1.65 bits per heavy atom. The van der Waals surface area contributed by atoms with Crippen LogP contribution in [0.2, 0.25) is 0 Å². The molecule has 2 rings (SSSR count). The lowest BCUT2D eigenvalue weighted by Crippen LogP contribution is -2.51. The van der Waals surface area contributed by atoms with Gasteiger partial charge in [-0.15, -0.1) is 0 Å². The Balaban J connectivity index is 2.13. The Morgan fingerprint density at radius 3 is 2.06 bits per heavy atom. The molecular formula is C9H15F3N2O2S. The van der Waals surface area contributed by atoms with Crippen LogP contribution >= 0.6 is 0 Å². The quantitative estimate of drug-likeness (QED) is 0.817. The highest BCUT2D eigenvalue weighted by molar-refractivity contribution is 7.89. The minimum absolute atomic E-state index is 0.157. The summed E-state index contributed by atoms with van der Waals surface area (Å²) in [4.78, 5) is 0. The summed E-state index contributed by atoms with van der Waals surface area (Å²) >= 11 is 0. The predicted molar refractivity (Wildman–Crippen MR) is 55.7 cm³/mol. The molecule has 0 aliphatic carbocycles. The summed E-state index contributed by atoms with van der Waals surface area (Å²) in [5.41, 5.74) is -5.20. The fourth-order valence-corrected chi connectivity index (χ4v) is 3.57. The monoisotopic (exact) mass is 272 g/mol. The van der Waals surface area contributed by atoms with E-state index < -0.39 is 21.6 Å². The molecule has 8 heteroatoms. The van der Waals surface area contributed by atoms with Gasteiger partial charge in [-0.3, -0.25) is 0 Å². The van der Waals surface area contributed by atoms with E-state index in [4.69, 9.17) is 0 Å². The maximum atomic E-state index is 12.4. The highest BCUT2D eigenvalue weighted by atomic mass is 32.2. The Kier molecular flexibility index (Phi) is 3.16. The van der Waals surface area contributed by atoms with Crippen LogP contribution < -0.4 is 5.32 Å². The van der Waals surface area contributed by atoms with Gasteiger partial charge in [0.15, 0.2) is 0 Å². The first-order valence-corrected chi connectivity index (χ1v) is 6.96. The third kappa shape index (κ3) is 2.30. The van der Waals surface area contributed by atoms with Crippen molar-refractivity contribution in [2.45, 2.75) is 49.3 Å². The van der Waals surface area contributed by atoms with Crippen molar-refractivity contribution < 1.29 is 21.6 Å². The number of nitrogens with zero attached hydrogens (tertiary/aromatic N) is 1. The summed E-state index contributed by atoms with van der Waals surface area (Å²) in [6, 6.07) is -0.227. The molecule has 2 bridgehead atoms. The smallest absolute Gasteiger partial charge is 0.311 e. The first-order chi connectivity index (χ1) is 7.72. The van der Waals surface area contributed by atoms with E-state index in [0.29, 0.717) is 17.1 Å². The zero-order valence-corrected chi connectivity index (χ0v) is 10.2. The van der Waals surface area contributed by atoms with E-state index in [-0.39, 0.29) is 12.1 Å². The number of hydrogen-bond acceptors (Lipinski definition) is 3. The van der Waals surface area contributed by atoms with E-state index in [0.717, 1.165) is 19.9 Å². The van der Waals surface area contributed by atoms with Crippen LogP contribution in [0.5, 0.6) is 0 Å². The van der Waals surface area contributed by atoms with Gasteiger partial charge in [0.25, 0.3) is 0 Å². The van der Waals surface area contributed by atoms with Crippen molar-refractivity contribution in [1.29, 1.82) is 0 Å². The maximum absolute atomic E-state index is 12.4. The Bertz CT molecular complexity index is 384. The maximum Gasteiger partial charge on any atom is 0.511 e. The summed E-state index contributed by atoms with van der Waals surface area (Å²) < 4.78 is 60.2. The molecule has 0 radical (unpaired) electrons. The van der Waals surface area contributed by atoms with Crippen LogP contribution in [-0.4, -0.2) is 43.4 Å². The second kappa shape index (κ2) is 4.10. The SMILES string of the molecule is CN(C1CC2CCC(C1)N2)S(=O)(=O)C(F)(F)F. The van der Waals surface area contributed by atoms with Crippen LogP contribution in [0.4, 0.5) is 13.2 Å². The number of rotatable bonds is 2. The summed E-state index contributed by atoms with van der Waals surface area (Å²) in [5.74, 6) is 0. The van der Waals surface area contributed by atoms with Crippen LogP contribution in [-0.2, 0) is 10.0 Å². The van der Waals surface area contributed by atoms with Crippen molar-refractivity contribution >= 4 is 10.0 Å². The fraction of sp³-hybridized carbons (Fsp3) is 1.00. The number of halogens is 3. The van der Waals surface area contributed by atoms with Crippen LogP contribution in [0.15, 0.2) is 0 Å². The molecule has 0 spiro atoms. The van der Waals surface area contributed by atoms with E-state index in [2.05, 4.69) is 5.32 Å². The second-order valence-electron chi connectivity index (χ2n) is 4.73. The number of alkyl halides is 3. The van der Waals surface area contributed by atoms with Crippen LogP contribution in [0.25, 0.3) is 0 Å². The van der Waals surface area contributed by atoms with Gasteiger partial charge in [0.05, 0.1) is 0 Å². The highest BCUT2D eigenvalue weighted by Gasteiger charge is 2.51. The van der Waals surface area contributed by atoms with Gasteiger partial charge < -0.3 is 5.32 Å². The molecule has 0 amide bonds. The number of sulfonamides is 1. The van der Waals surface area contributed by atoms with Crippen molar-refractivity contribution in [3.63, 3.8) is 0 Å². The molecule has 2 unspecified atom stereocenters. The zero-order chi connectivity index (χ0) is 12.8. The van der Waals surface area contributed by atoms with Crippen molar-refractivity contribution in [3.8, 4) is 0 Å². The standard InChI is InChI=1S/C9H15F3N2O2S/c1-14(17(15,16)9(10,11)12)8-4-6-2-3-7(5-8)13-6/h6-8,13H,2-5H2,1H3. The topological polar surface area (TPSA) is 49.4 Å². The highest BCUT2D eigenvalue weighted by Crippen LogP contribution is 2.34. The van der Waals surface area contributed by atoms with Crippen LogP contribution in [0.3, 0.4) is 0 Å². The molecular weight excluding hydrogens is 257 g/mol. The van der Waals surface area contributed by atoms with E-state index in [9.17, 15) is 21.6 Å². The fourth-order valence-electron chi connectivity index (χ4n) is 2.68. The van der Waals surface area contributed by atoms with Crippen molar-refractivity contribution in [1.82, 2.24) is 9.62 Å². The molecule has 2 aliphatic rings. The van der Waals surface area contributed by atoms with Crippen LogP contribution in [0, 0.1) is 0 Å². The van der Waals surface area contributed by atoms with Crippen molar-refractivity contribution in [3.05, 3.63) is 0 Å². The molecule has 2 saturated heterocycles. The van der Waals surface area contributed by atoms with E-state index in [1.54, 1.807) is 0 Å². The molecule has 2 fully saturated rings. The molecule has 2 heterocycles. The van der Waals surface area contributed by atoms with Gasteiger partial charge in [-0.1, -0.05) is 0 Å².